The van der Waals surface area contributed by atoms with E-state index in [1.807, 2.05) is 6.92 Å². The Labute approximate surface area is 140 Å². The normalized spacial score (nSPS) is 26.5. The van der Waals surface area contributed by atoms with Gasteiger partial charge in [-0.25, -0.2) is 4.79 Å². The van der Waals surface area contributed by atoms with E-state index in [0.717, 1.165) is 12.8 Å². The highest BCUT2D eigenvalue weighted by Gasteiger charge is 2.29. The van der Waals surface area contributed by atoms with E-state index in [-0.39, 0.29) is 31.4 Å². The Morgan fingerprint density at radius 3 is 2.96 bits per heavy atom. The van der Waals surface area contributed by atoms with Crippen molar-refractivity contribution in [2.45, 2.75) is 63.9 Å². The van der Waals surface area contributed by atoms with Gasteiger partial charge in [-0.05, 0) is 25.8 Å². The van der Waals surface area contributed by atoms with Gasteiger partial charge >= 0.3 is 5.69 Å². The number of ether oxygens (including phenoxy) is 4. The molecule has 1 aliphatic carbocycles. The number of aromatic nitrogens is 2. The third kappa shape index (κ3) is 4.54. The van der Waals surface area contributed by atoms with Crippen LogP contribution in [0.4, 0.5) is 5.82 Å². The maximum absolute atomic E-state index is 11.8. The van der Waals surface area contributed by atoms with Crippen molar-refractivity contribution >= 4 is 5.82 Å². The summed E-state index contributed by atoms with van der Waals surface area (Å²) in [5, 5.41) is 0. The molecule has 0 bridgehead atoms. The molecule has 8 heteroatoms. The molecule has 24 heavy (non-hydrogen) atoms. The molecule has 3 rings (SSSR count). The van der Waals surface area contributed by atoms with Gasteiger partial charge in [0.15, 0.2) is 18.8 Å². The molecule has 1 saturated heterocycles. The molecule has 0 amide bonds. The fourth-order valence-corrected chi connectivity index (χ4v) is 3.05. The van der Waals surface area contributed by atoms with Gasteiger partial charge in [0.25, 0.3) is 0 Å². The van der Waals surface area contributed by atoms with Crippen LogP contribution in [0.1, 0.15) is 45.3 Å². The summed E-state index contributed by atoms with van der Waals surface area (Å²) in [7, 11) is 0. The Morgan fingerprint density at radius 2 is 2.21 bits per heavy atom. The molecule has 1 saturated carbocycles. The zero-order valence-corrected chi connectivity index (χ0v) is 13.9. The molecule has 1 unspecified atom stereocenters. The molecule has 2 heterocycles. The van der Waals surface area contributed by atoms with Crippen LogP contribution in [0, 0.1) is 0 Å². The van der Waals surface area contributed by atoms with Crippen LogP contribution in [-0.2, 0) is 18.9 Å². The van der Waals surface area contributed by atoms with Crippen LogP contribution in [-0.4, -0.2) is 41.4 Å². The lowest BCUT2D eigenvalue weighted by molar-refractivity contribution is -0.204. The maximum Gasteiger partial charge on any atom is 0.351 e. The second-order valence-corrected chi connectivity index (χ2v) is 6.19. The molecule has 8 nitrogen and oxygen atoms in total. The molecule has 3 atom stereocenters. The molecule has 1 aromatic heterocycles. The van der Waals surface area contributed by atoms with E-state index in [0.29, 0.717) is 0 Å². The smallest absolute Gasteiger partial charge is 0.351 e. The fraction of sp³-hybridized carbons (Fsp3) is 0.750. The lowest BCUT2D eigenvalue weighted by Gasteiger charge is -2.26. The first-order valence-electron chi connectivity index (χ1n) is 8.50. The quantitative estimate of drug-likeness (QED) is 0.782. The number of nitrogen functional groups attached to an aromatic ring is 1. The molecule has 0 spiro atoms. The van der Waals surface area contributed by atoms with Crippen LogP contribution in [0.15, 0.2) is 17.1 Å². The van der Waals surface area contributed by atoms with Gasteiger partial charge in [-0.15, -0.1) is 0 Å². The number of nitrogens with zero attached hydrogens (tertiary/aromatic N) is 2. The summed E-state index contributed by atoms with van der Waals surface area (Å²) in [6, 6.07) is 1.55. The Balaban J connectivity index is 1.43. The largest absolute Gasteiger partial charge is 0.383 e. The van der Waals surface area contributed by atoms with Gasteiger partial charge in [0, 0.05) is 6.20 Å². The molecular formula is C16H25N3O5. The summed E-state index contributed by atoms with van der Waals surface area (Å²) in [5.74, 6) is 0.184. The monoisotopic (exact) mass is 339 g/mol. The average Bonchev–Trinajstić information content (AvgIpc) is 3.02. The number of hydrogen-bond donors (Lipinski definition) is 1. The van der Waals surface area contributed by atoms with Crippen LogP contribution < -0.4 is 11.4 Å². The highest BCUT2D eigenvalue weighted by atomic mass is 16.8. The first kappa shape index (κ1) is 17.3. The molecule has 134 valence electrons. The summed E-state index contributed by atoms with van der Waals surface area (Å²) in [5.41, 5.74) is 5.02. The molecule has 2 N–H and O–H groups in total. The van der Waals surface area contributed by atoms with Gasteiger partial charge in [0.1, 0.15) is 12.4 Å². The second kappa shape index (κ2) is 8.06. The van der Waals surface area contributed by atoms with Crippen LogP contribution >= 0.6 is 0 Å². The van der Waals surface area contributed by atoms with E-state index in [1.165, 1.54) is 23.8 Å². The summed E-state index contributed by atoms with van der Waals surface area (Å²) in [6.07, 6.45) is 6.41. The van der Waals surface area contributed by atoms with Crippen LogP contribution in [0.5, 0.6) is 0 Å². The minimum absolute atomic E-state index is 0.184. The third-order valence-corrected chi connectivity index (χ3v) is 4.30. The van der Waals surface area contributed by atoms with E-state index < -0.39 is 18.2 Å². The minimum Gasteiger partial charge on any atom is -0.383 e. The lowest BCUT2D eigenvalue weighted by Crippen LogP contribution is -2.30. The fourth-order valence-electron chi connectivity index (χ4n) is 3.05. The van der Waals surface area contributed by atoms with Crippen molar-refractivity contribution in [3.63, 3.8) is 0 Å². The first-order chi connectivity index (χ1) is 11.6. The predicted octanol–water partition coefficient (Wildman–Crippen LogP) is 1.41. The van der Waals surface area contributed by atoms with Crippen LogP contribution in [0.3, 0.4) is 0 Å². The van der Waals surface area contributed by atoms with E-state index in [2.05, 4.69) is 4.98 Å². The average molecular weight is 339 g/mol. The molecule has 2 fully saturated rings. The predicted molar refractivity (Wildman–Crippen MR) is 86.1 cm³/mol. The number of hydrogen-bond acceptors (Lipinski definition) is 7. The molecule has 0 radical (unpaired) electrons. The Morgan fingerprint density at radius 1 is 1.42 bits per heavy atom. The van der Waals surface area contributed by atoms with Crippen LogP contribution in [0.25, 0.3) is 0 Å². The van der Waals surface area contributed by atoms with Crippen molar-refractivity contribution in [3.8, 4) is 0 Å². The molecule has 2 aliphatic rings. The van der Waals surface area contributed by atoms with Gasteiger partial charge in [-0.1, -0.05) is 19.3 Å². The van der Waals surface area contributed by atoms with Crippen molar-refractivity contribution in [1.82, 2.24) is 9.55 Å². The van der Waals surface area contributed by atoms with E-state index >= 15 is 0 Å². The first-order valence-corrected chi connectivity index (χ1v) is 8.50. The maximum atomic E-state index is 11.8. The van der Waals surface area contributed by atoms with Crippen molar-refractivity contribution in [2.75, 3.05) is 18.9 Å². The number of nitrogens with two attached hydrogens (primary N) is 1. The summed E-state index contributed by atoms with van der Waals surface area (Å²) in [4.78, 5) is 15.5. The molecule has 0 aromatic carbocycles. The van der Waals surface area contributed by atoms with E-state index in [4.69, 9.17) is 24.7 Å². The van der Waals surface area contributed by atoms with E-state index in [9.17, 15) is 4.79 Å². The zero-order chi connectivity index (χ0) is 16.9. The van der Waals surface area contributed by atoms with Gasteiger partial charge in [0.2, 0.25) is 0 Å². The Kier molecular flexibility index (Phi) is 5.83. The minimum atomic E-state index is -0.531. The third-order valence-electron chi connectivity index (χ3n) is 4.30. The summed E-state index contributed by atoms with van der Waals surface area (Å²) >= 11 is 0. The molecular weight excluding hydrogens is 314 g/mol. The van der Waals surface area contributed by atoms with Gasteiger partial charge in [-0.3, -0.25) is 4.57 Å². The van der Waals surface area contributed by atoms with Crippen molar-refractivity contribution in [3.05, 3.63) is 22.7 Å². The van der Waals surface area contributed by atoms with Crippen molar-refractivity contribution in [2.24, 2.45) is 0 Å². The highest BCUT2D eigenvalue weighted by Crippen LogP contribution is 2.23. The standard InChI is InChI=1S/C16H25N3O5/c1-11(23-12-5-3-2-4-6-12)21-10-15-22-9-14(24-15)19-8-7-13(17)18-16(19)20/h7-8,11-12,14-15H,2-6,9-10H2,1H3,(H2,17,18,20)/t11?,14-,15-/m0/s1. The lowest BCUT2D eigenvalue weighted by atomic mass is 9.98. The van der Waals surface area contributed by atoms with Gasteiger partial charge in [-0.2, -0.15) is 4.98 Å². The summed E-state index contributed by atoms with van der Waals surface area (Å²) in [6.45, 7) is 2.40. The Hall–Kier alpha value is -1.48. The second-order valence-electron chi connectivity index (χ2n) is 6.19. The van der Waals surface area contributed by atoms with Crippen molar-refractivity contribution in [1.29, 1.82) is 0 Å². The topological polar surface area (TPSA) is 97.8 Å². The highest BCUT2D eigenvalue weighted by molar-refractivity contribution is 5.23. The summed E-state index contributed by atoms with van der Waals surface area (Å²) < 4.78 is 24.1. The Bertz CT molecular complexity index is 587. The van der Waals surface area contributed by atoms with E-state index in [1.54, 1.807) is 12.3 Å². The van der Waals surface area contributed by atoms with Gasteiger partial charge in [0.05, 0.1) is 12.7 Å². The van der Waals surface area contributed by atoms with Crippen molar-refractivity contribution < 1.29 is 18.9 Å². The molecule has 1 aromatic rings. The number of anilines is 1. The van der Waals surface area contributed by atoms with Crippen LogP contribution in [0.2, 0.25) is 0 Å². The van der Waals surface area contributed by atoms with Gasteiger partial charge < -0.3 is 24.7 Å². The number of rotatable bonds is 6. The zero-order valence-electron chi connectivity index (χ0n) is 13.9. The molecule has 1 aliphatic heterocycles. The SMILES string of the molecule is CC(OC[C@H]1OC[C@@H](n2ccc(N)nc2=O)O1)OC1CCCCC1.